The first kappa shape index (κ1) is 19.0. The summed E-state index contributed by atoms with van der Waals surface area (Å²) in [6.07, 6.45) is 0. The highest BCUT2D eigenvalue weighted by molar-refractivity contribution is 7.16. The molecule has 3 aromatic rings. The lowest BCUT2D eigenvalue weighted by Crippen LogP contribution is -2.25. The van der Waals surface area contributed by atoms with Crippen LogP contribution in [0.3, 0.4) is 0 Å². The van der Waals surface area contributed by atoms with E-state index in [1.807, 2.05) is 13.8 Å². The van der Waals surface area contributed by atoms with Crippen molar-refractivity contribution in [1.82, 2.24) is 4.57 Å². The molecule has 1 amide bonds. The van der Waals surface area contributed by atoms with E-state index < -0.39 is 5.91 Å². The van der Waals surface area contributed by atoms with Crippen LogP contribution in [-0.4, -0.2) is 10.5 Å². The molecule has 0 spiro atoms. The zero-order valence-corrected chi connectivity index (χ0v) is 16.6. The summed E-state index contributed by atoms with van der Waals surface area (Å²) in [5.41, 5.74) is 2.55. The minimum Gasteiger partial charge on any atom is -0.315 e. The second-order valence-electron chi connectivity index (χ2n) is 6.01. The average molecular weight is 401 g/mol. The van der Waals surface area contributed by atoms with E-state index in [0.717, 1.165) is 26.7 Å². The molecule has 8 heteroatoms. The van der Waals surface area contributed by atoms with Crippen LogP contribution in [0.4, 0.5) is 9.39 Å². The summed E-state index contributed by atoms with van der Waals surface area (Å²) in [5, 5.41) is 12.5. The van der Waals surface area contributed by atoms with Crippen LogP contribution in [0, 0.1) is 37.9 Å². The predicted octanol–water partition coefficient (Wildman–Crippen LogP) is 4.21. The van der Waals surface area contributed by atoms with Gasteiger partial charge in [-0.2, -0.15) is 5.26 Å². The number of aromatic nitrogens is 1. The fourth-order valence-corrected chi connectivity index (χ4v) is 4.67. The number of nitriles is 1. The van der Waals surface area contributed by atoms with Gasteiger partial charge in [0.2, 0.25) is 5.91 Å². The lowest BCUT2D eigenvalue weighted by Gasteiger charge is -2.09. The molecular formula is C19H16FN3O2S2. The van der Waals surface area contributed by atoms with E-state index in [0.29, 0.717) is 21.8 Å². The first-order valence-corrected chi connectivity index (χ1v) is 9.71. The number of anilines is 1. The quantitative estimate of drug-likeness (QED) is 0.711. The van der Waals surface area contributed by atoms with Crippen molar-refractivity contribution in [2.24, 2.45) is 0 Å². The Kier molecular flexibility index (Phi) is 5.26. The van der Waals surface area contributed by atoms with Crippen LogP contribution in [-0.2, 0) is 11.3 Å². The van der Waals surface area contributed by atoms with Gasteiger partial charge in [-0.15, -0.1) is 11.3 Å². The molecule has 0 aliphatic rings. The monoisotopic (exact) mass is 401 g/mol. The fourth-order valence-electron chi connectivity index (χ4n) is 2.79. The zero-order chi connectivity index (χ0) is 19.7. The van der Waals surface area contributed by atoms with Crippen LogP contribution in [0.5, 0.6) is 0 Å². The molecule has 27 heavy (non-hydrogen) atoms. The average Bonchev–Trinajstić information content (AvgIpc) is 3.04. The van der Waals surface area contributed by atoms with Crippen molar-refractivity contribution in [2.75, 3.05) is 5.32 Å². The van der Waals surface area contributed by atoms with E-state index in [1.165, 1.54) is 28.0 Å². The van der Waals surface area contributed by atoms with E-state index in [9.17, 15) is 19.2 Å². The number of thiophene rings is 1. The Morgan fingerprint density at radius 2 is 1.85 bits per heavy atom. The summed E-state index contributed by atoms with van der Waals surface area (Å²) in [7, 11) is 0. The SMILES string of the molecule is Cc1sc(NC(=O)Cn2c(-c3ccc(F)cc3)c(C)sc2=O)c(C#N)c1C. The van der Waals surface area contributed by atoms with Gasteiger partial charge in [-0.25, -0.2) is 4.39 Å². The summed E-state index contributed by atoms with van der Waals surface area (Å²) in [5.74, 6) is -0.762. The van der Waals surface area contributed by atoms with Gasteiger partial charge in [0.15, 0.2) is 0 Å². The highest BCUT2D eigenvalue weighted by Gasteiger charge is 2.19. The zero-order valence-electron chi connectivity index (χ0n) is 14.9. The van der Waals surface area contributed by atoms with E-state index in [1.54, 1.807) is 19.1 Å². The summed E-state index contributed by atoms with van der Waals surface area (Å²) in [4.78, 5) is 26.3. The molecule has 0 bridgehead atoms. The van der Waals surface area contributed by atoms with Crippen molar-refractivity contribution in [2.45, 2.75) is 27.3 Å². The Morgan fingerprint density at radius 3 is 2.48 bits per heavy atom. The van der Waals surface area contributed by atoms with Crippen molar-refractivity contribution in [3.63, 3.8) is 0 Å². The summed E-state index contributed by atoms with van der Waals surface area (Å²) in [6.45, 7) is 5.32. The number of nitrogens with zero attached hydrogens (tertiary/aromatic N) is 2. The largest absolute Gasteiger partial charge is 0.315 e. The number of hydrogen-bond acceptors (Lipinski definition) is 5. The summed E-state index contributed by atoms with van der Waals surface area (Å²) in [6, 6.07) is 7.90. The highest BCUT2D eigenvalue weighted by Crippen LogP contribution is 2.32. The molecule has 3 rings (SSSR count). The molecule has 138 valence electrons. The molecule has 0 saturated carbocycles. The Bertz CT molecular complexity index is 1120. The topological polar surface area (TPSA) is 74.9 Å². The van der Waals surface area contributed by atoms with Gasteiger partial charge in [-0.1, -0.05) is 11.3 Å². The predicted molar refractivity (Wildman–Crippen MR) is 106 cm³/mol. The Balaban J connectivity index is 1.91. The molecule has 0 atom stereocenters. The van der Waals surface area contributed by atoms with E-state index >= 15 is 0 Å². The van der Waals surface area contributed by atoms with Gasteiger partial charge in [-0.3, -0.25) is 14.2 Å². The van der Waals surface area contributed by atoms with Gasteiger partial charge in [-0.05, 0) is 56.2 Å². The Morgan fingerprint density at radius 1 is 1.19 bits per heavy atom. The van der Waals surface area contributed by atoms with Crippen molar-refractivity contribution in [3.8, 4) is 17.3 Å². The molecule has 0 radical (unpaired) electrons. The van der Waals surface area contributed by atoms with Gasteiger partial charge in [0.1, 0.15) is 23.4 Å². The van der Waals surface area contributed by atoms with Crippen LogP contribution in [0.2, 0.25) is 0 Å². The van der Waals surface area contributed by atoms with Gasteiger partial charge in [0.05, 0.1) is 11.3 Å². The first-order chi connectivity index (χ1) is 12.8. The van der Waals surface area contributed by atoms with Crippen molar-refractivity contribution in [3.05, 3.63) is 60.6 Å². The molecule has 1 aromatic carbocycles. The van der Waals surface area contributed by atoms with Crippen molar-refractivity contribution < 1.29 is 9.18 Å². The normalized spacial score (nSPS) is 10.6. The summed E-state index contributed by atoms with van der Waals surface area (Å²) >= 11 is 2.38. The number of hydrogen-bond donors (Lipinski definition) is 1. The number of rotatable bonds is 4. The molecule has 5 nitrogen and oxygen atoms in total. The van der Waals surface area contributed by atoms with Gasteiger partial charge >= 0.3 is 4.87 Å². The summed E-state index contributed by atoms with van der Waals surface area (Å²) < 4.78 is 14.6. The third-order valence-electron chi connectivity index (χ3n) is 4.23. The Hall–Kier alpha value is -2.76. The van der Waals surface area contributed by atoms with Crippen LogP contribution in [0.25, 0.3) is 11.3 Å². The fraction of sp³-hybridized carbons (Fsp3) is 0.211. The number of nitrogens with one attached hydrogen (secondary N) is 1. The number of aryl methyl sites for hydroxylation is 2. The lowest BCUT2D eigenvalue weighted by atomic mass is 10.1. The van der Waals surface area contributed by atoms with Crippen LogP contribution < -0.4 is 10.2 Å². The first-order valence-electron chi connectivity index (χ1n) is 8.08. The van der Waals surface area contributed by atoms with Gasteiger partial charge in [0, 0.05) is 9.75 Å². The maximum absolute atomic E-state index is 13.2. The molecular weight excluding hydrogens is 385 g/mol. The molecule has 1 N–H and O–H groups in total. The van der Waals surface area contributed by atoms with E-state index in [2.05, 4.69) is 11.4 Å². The molecule has 0 fully saturated rings. The maximum Gasteiger partial charge on any atom is 0.308 e. The second kappa shape index (κ2) is 7.47. The third-order valence-corrected chi connectivity index (χ3v) is 6.25. The van der Waals surface area contributed by atoms with Gasteiger partial charge < -0.3 is 5.32 Å². The van der Waals surface area contributed by atoms with Crippen molar-refractivity contribution >= 4 is 33.6 Å². The van der Waals surface area contributed by atoms with Crippen molar-refractivity contribution in [1.29, 1.82) is 5.26 Å². The molecule has 0 unspecified atom stereocenters. The molecule has 2 heterocycles. The molecule has 0 saturated heterocycles. The minimum absolute atomic E-state index is 0.184. The molecule has 0 aliphatic heterocycles. The number of benzene rings is 1. The van der Waals surface area contributed by atoms with Crippen LogP contribution >= 0.6 is 22.7 Å². The van der Waals surface area contributed by atoms with Crippen LogP contribution in [0.15, 0.2) is 29.1 Å². The number of amides is 1. The van der Waals surface area contributed by atoms with Gasteiger partial charge in [0.25, 0.3) is 0 Å². The number of carbonyl (C=O) groups is 1. The number of thiazole rings is 1. The van der Waals surface area contributed by atoms with E-state index in [4.69, 9.17) is 0 Å². The third kappa shape index (κ3) is 3.70. The number of carbonyl (C=O) groups excluding carboxylic acids is 1. The highest BCUT2D eigenvalue weighted by atomic mass is 32.1. The van der Waals surface area contributed by atoms with Crippen LogP contribution in [0.1, 0.15) is 20.9 Å². The molecule has 2 aromatic heterocycles. The standard InChI is InChI=1S/C19H16FN3O2S2/c1-10-11(2)26-18(15(10)8-21)22-16(24)9-23-17(12(3)27-19(23)25)13-4-6-14(20)7-5-13/h4-7H,9H2,1-3H3,(H,22,24). The number of halogens is 1. The van der Waals surface area contributed by atoms with E-state index in [-0.39, 0.29) is 17.2 Å². The Labute approximate surface area is 163 Å². The lowest BCUT2D eigenvalue weighted by molar-refractivity contribution is -0.116. The maximum atomic E-state index is 13.2. The molecule has 0 aliphatic carbocycles. The second-order valence-corrected chi connectivity index (χ2v) is 8.40. The smallest absolute Gasteiger partial charge is 0.308 e. The minimum atomic E-state index is -0.393.